The van der Waals surface area contributed by atoms with E-state index in [0.717, 1.165) is 20.1 Å². The molecule has 0 aliphatic rings. The Balaban J connectivity index is 2.06. The Morgan fingerprint density at radius 2 is 2.00 bits per heavy atom. The summed E-state index contributed by atoms with van der Waals surface area (Å²) in [6, 6.07) is 11.6. The molecule has 5 nitrogen and oxygen atoms in total. The van der Waals surface area contributed by atoms with E-state index < -0.39 is 0 Å². The SMILES string of the molecule is CCC(=O)Nc1ccc(Sc2cc(Br)nc(NCCO)c2)cc1. The normalized spacial score (nSPS) is 10.4. The van der Waals surface area contributed by atoms with Gasteiger partial charge in [-0.15, -0.1) is 0 Å². The lowest BCUT2D eigenvalue weighted by atomic mass is 10.3. The molecule has 0 atom stereocenters. The van der Waals surface area contributed by atoms with Crippen LogP contribution in [0.3, 0.4) is 0 Å². The number of hydrogen-bond donors (Lipinski definition) is 3. The number of aliphatic hydroxyl groups is 1. The van der Waals surface area contributed by atoms with E-state index in [1.807, 2.05) is 43.3 Å². The lowest BCUT2D eigenvalue weighted by molar-refractivity contribution is -0.115. The monoisotopic (exact) mass is 395 g/mol. The number of anilines is 2. The van der Waals surface area contributed by atoms with Crippen molar-refractivity contribution in [3.05, 3.63) is 41.0 Å². The van der Waals surface area contributed by atoms with E-state index in [0.29, 0.717) is 18.8 Å². The Kier molecular flexibility index (Phi) is 6.88. The number of pyridine rings is 1. The third-order valence-electron chi connectivity index (χ3n) is 2.88. The number of nitrogens with zero attached hydrogens (tertiary/aromatic N) is 1. The molecule has 0 bridgehead atoms. The molecule has 2 aromatic rings. The van der Waals surface area contributed by atoms with E-state index in [1.165, 1.54) is 0 Å². The average Bonchev–Trinajstić information content (AvgIpc) is 2.54. The number of halogens is 1. The van der Waals surface area contributed by atoms with Crippen molar-refractivity contribution in [3.63, 3.8) is 0 Å². The number of carbonyl (C=O) groups is 1. The zero-order chi connectivity index (χ0) is 16.7. The fourth-order valence-corrected chi connectivity index (χ4v) is 3.27. The highest BCUT2D eigenvalue weighted by molar-refractivity contribution is 9.10. The second-order valence-corrected chi connectivity index (χ2v) is 6.65. The third kappa shape index (κ3) is 5.85. The quantitative estimate of drug-likeness (QED) is 0.622. The smallest absolute Gasteiger partial charge is 0.224 e. The van der Waals surface area contributed by atoms with Crippen LogP contribution in [-0.2, 0) is 4.79 Å². The summed E-state index contributed by atoms with van der Waals surface area (Å²) in [6.45, 7) is 2.34. The molecular weight excluding hydrogens is 378 g/mol. The molecule has 0 unspecified atom stereocenters. The van der Waals surface area contributed by atoms with E-state index in [-0.39, 0.29) is 12.5 Å². The van der Waals surface area contributed by atoms with Crippen molar-refractivity contribution in [2.75, 3.05) is 23.8 Å². The Morgan fingerprint density at radius 3 is 2.65 bits per heavy atom. The molecule has 2 rings (SSSR count). The molecule has 23 heavy (non-hydrogen) atoms. The van der Waals surface area contributed by atoms with Crippen LogP contribution in [0.4, 0.5) is 11.5 Å². The molecule has 1 aromatic heterocycles. The van der Waals surface area contributed by atoms with Crippen LogP contribution >= 0.6 is 27.7 Å². The number of nitrogens with one attached hydrogen (secondary N) is 2. The summed E-state index contributed by atoms with van der Waals surface area (Å²) < 4.78 is 0.731. The summed E-state index contributed by atoms with van der Waals surface area (Å²) in [5.41, 5.74) is 0.794. The lowest BCUT2D eigenvalue weighted by Gasteiger charge is -2.08. The second-order valence-electron chi connectivity index (χ2n) is 4.69. The molecular formula is C16H18BrN3O2S. The van der Waals surface area contributed by atoms with Crippen LogP contribution in [0.2, 0.25) is 0 Å². The predicted octanol–water partition coefficient (Wildman–Crippen LogP) is 3.75. The molecule has 0 saturated heterocycles. The van der Waals surface area contributed by atoms with E-state index >= 15 is 0 Å². The zero-order valence-corrected chi connectivity index (χ0v) is 15.1. The first-order chi connectivity index (χ1) is 11.1. The zero-order valence-electron chi connectivity index (χ0n) is 12.7. The highest BCUT2D eigenvalue weighted by atomic mass is 79.9. The van der Waals surface area contributed by atoms with Gasteiger partial charge in [0.1, 0.15) is 10.4 Å². The highest BCUT2D eigenvalue weighted by Crippen LogP contribution is 2.31. The van der Waals surface area contributed by atoms with Crippen molar-refractivity contribution >= 4 is 45.1 Å². The Labute approximate surface area is 148 Å². The summed E-state index contributed by atoms with van der Waals surface area (Å²) in [4.78, 5) is 17.8. The van der Waals surface area contributed by atoms with Crippen LogP contribution in [0.25, 0.3) is 0 Å². The summed E-state index contributed by atoms with van der Waals surface area (Å²) in [5, 5.41) is 14.7. The fraction of sp³-hybridized carbons (Fsp3) is 0.250. The van der Waals surface area contributed by atoms with E-state index in [1.54, 1.807) is 11.8 Å². The van der Waals surface area contributed by atoms with Crippen LogP contribution in [0.15, 0.2) is 50.8 Å². The van der Waals surface area contributed by atoms with Gasteiger partial charge in [-0.25, -0.2) is 4.98 Å². The van der Waals surface area contributed by atoms with Gasteiger partial charge in [0.15, 0.2) is 0 Å². The molecule has 0 spiro atoms. The van der Waals surface area contributed by atoms with Gasteiger partial charge in [-0.2, -0.15) is 0 Å². The summed E-state index contributed by atoms with van der Waals surface area (Å²) in [6.07, 6.45) is 0.463. The van der Waals surface area contributed by atoms with Crippen molar-refractivity contribution in [1.82, 2.24) is 4.98 Å². The number of aromatic nitrogens is 1. The second kappa shape index (κ2) is 8.90. The van der Waals surface area contributed by atoms with Gasteiger partial charge < -0.3 is 15.7 Å². The maximum atomic E-state index is 11.4. The molecule has 1 heterocycles. The summed E-state index contributed by atoms with van der Waals surface area (Å²) in [5.74, 6) is 0.714. The fourth-order valence-electron chi connectivity index (χ4n) is 1.80. The predicted molar refractivity (Wildman–Crippen MR) is 97.0 cm³/mol. The average molecular weight is 396 g/mol. The summed E-state index contributed by atoms with van der Waals surface area (Å²) >= 11 is 4.99. The Bertz CT molecular complexity index is 665. The van der Waals surface area contributed by atoms with Crippen LogP contribution < -0.4 is 10.6 Å². The number of benzene rings is 1. The van der Waals surface area contributed by atoms with Gasteiger partial charge >= 0.3 is 0 Å². The van der Waals surface area contributed by atoms with E-state index in [2.05, 4.69) is 31.5 Å². The minimum atomic E-state index is 0.00284. The maximum absolute atomic E-state index is 11.4. The molecule has 1 amide bonds. The van der Waals surface area contributed by atoms with Crippen molar-refractivity contribution in [2.45, 2.75) is 23.1 Å². The number of rotatable bonds is 7. The van der Waals surface area contributed by atoms with Crippen molar-refractivity contribution in [3.8, 4) is 0 Å². The molecule has 7 heteroatoms. The number of aliphatic hydroxyl groups excluding tert-OH is 1. The minimum absolute atomic E-state index is 0.00284. The molecule has 0 saturated carbocycles. The molecule has 3 N–H and O–H groups in total. The van der Waals surface area contributed by atoms with Gasteiger partial charge in [0.2, 0.25) is 5.91 Å². The largest absolute Gasteiger partial charge is 0.395 e. The van der Waals surface area contributed by atoms with Gasteiger partial charge in [0, 0.05) is 28.4 Å². The van der Waals surface area contributed by atoms with Gasteiger partial charge in [0.25, 0.3) is 0 Å². The van der Waals surface area contributed by atoms with Gasteiger partial charge in [0.05, 0.1) is 6.61 Å². The number of amides is 1. The summed E-state index contributed by atoms with van der Waals surface area (Å²) in [7, 11) is 0. The van der Waals surface area contributed by atoms with Crippen LogP contribution in [-0.4, -0.2) is 29.1 Å². The van der Waals surface area contributed by atoms with Crippen LogP contribution in [0, 0.1) is 0 Å². The molecule has 0 aliphatic carbocycles. The molecule has 1 aromatic carbocycles. The lowest BCUT2D eigenvalue weighted by Crippen LogP contribution is -2.08. The first-order valence-corrected chi connectivity index (χ1v) is 8.81. The minimum Gasteiger partial charge on any atom is -0.395 e. The number of hydrogen-bond acceptors (Lipinski definition) is 5. The third-order valence-corrected chi connectivity index (χ3v) is 4.27. The maximum Gasteiger partial charge on any atom is 0.224 e. The van der Waals surface area contributed by atoms with Gasteiger partial charge in [-0.1, -0.05) is 18.7 Å². The molecule has 0 aliphatic heterocycles. The Hall–Kier alpha value is -1.57. The van der Waals surface area contributed by atoms with Gasteiger partial charge in [-0.3, -0.25) is 4.79 Å². The molecule has 0 fully saturated rings. The Morgan fingerprint density at radius 1 is 1.26 bits per heavy atom. The molecule has 0 radical (unpaired) electrons. The van der Waals surface area contributed by atoms with E-state index in [9.17, 15) is 4.79 Å². The standard InChI is InChI=1S/C16H18BrN3O2S/c1-2-16(22)19-11-3-5-12(6-4-11)23-13-9-14(17)20-15(10-13)18-7-8-21/h3-6,9-10,21H,2,7-8H2,1H3,(H,18,20)(H,19,22). The van der Waals surface area contributed by atoms with E-state index in [4.69, 9.17) is 5.11 Å². The molecule has 122 valence electrons. The topological polar surface area (TPSA) is 74.2 Å². The van der Waals surface area contributed by atoms with Crippen LogP contribution in [0.1, 0.15) is 13.3 Å². The number of carbonyl (C=O) groups excluding carboxylic acids is 1. The highest BCUT2D eigenvalue weighted by Gasteiger charge is 2.04. The van der Waals surface area contributed by atoms with Crippen molar-refractivity contribution in [2.24, 2.45) is 0 Å². The van der Waals surface area contributed by atoms with Crippen LogP contribution in [0.5, 0.6) is 0 Å². The first kappa shape index (κ1) is 17.8. The first-order valence-electron chi connectivity index (χ1n) is 7.21. The van der Waals surface area contributed by atoms with Crippen molar-refractivity contribution < 1.29 is 9.90 Å². The van der Waals surface area contributed by atoms with Crippen molar-refractivity contribution in [1.29, 1.82) is 0 Å². The van der Waals surface area contributed by atoms with Gasteiger partial charge in [-0.05, 0) is 52.3 Å².